The van der Waals surface area contributed by atoms with Crippen LogP contribution in [0.4, 0.5) is 4.39 Å². The van der Waals surface area contributed by atoms with Gasteiger partial charge in [-0.2, -0.15) is 0 Å². The number of hydrogen-bond acceptors (Lipinski definition) is 1. The normalized spacial score (nSPS) is 10.8. The topological polar surface area (TPSA) is 17.0 Å². The van der Waals surface area contributed by atoms with Gasteiger partial charge in [0.05, 0.1) is 0 Å². The molecule has 0 amide bonds. The minimum Gasteiger partial charge on any atom is -0.346 e. The third-order valence-corrected chi connectivity index (χ3v) is 2.55. The molecule has 84 valence electrons. The molecule has 0 radical (unpaired) electrons. The predicted molar refractivity (Wildman–Crippen MR) is 65.0 cm³/mol. The molecule has 0 spiro atoms. The molecule has 1 aromatic heterocycles. The van der Waals surface area contributed by atoms with Crippen molar-refractivity contribution in [3.8, 4) is 0 Å². The molecule has 2 nitrogen and oxygen atoms in total. The zero-order valence-electron chi connectivity index (χ0n) is 9.12. The average Bonchev–Trinajstić information content (AvgIpc) is 2.67. The Labute approximate surface area is 94.4 Å². The number of nitrogens with one attached hydrogen (secondary N) is 1. The summed E-state index contributed by atoms with van der Waals surface area (Å²) in [7, 11) is 0. The number of hydrogen-bond donors (Lipinski definition) is 1. The van der Waals surface area contributed by atoms with Crippen LogP contribution < -0.4 is 5.32 Å². The fourth-order valence-corrected chi connectivity index (χ4v) is 1.77. The maximum Gasteiger partial charge on any atom is 0.123 e. The van der Waals surface area contributed by atoms with Gasteiger partial charge in [0, 0.05) is 36.7 Å². The van der Waals surface area contributed by atoms with E-state index in [2.05, 4.69) is 16.5 Å². The summed E-state index contributed by atoms with van der Waals surface area (Å²) < 4.78 is 15.1. The first-order chi connectivity index (χ1) is 7.81. The molecule has 2 aromatic rings. The Morgan fingerprint density at radius 3 is 3.06 bits per heavy atom. The summed E-state index contributed by atoms with van der Waals surface area (Å²) >= 11 is 0. The van der Waals surface area contributed by atoms with Crippen molar-refractivity contribution in [3.05, 3.63) is 48.9 Å². The molecule has 16 heavy (non-hydrogen) atoms. The van der Waals surface area contributed by atoms with E-state index in [1.165, 1.54) is 6.07 Å². The van der Waals surface area contributed by atoms with E-state index in [0.717, 1.165) is 30.5 Å². The van der Waals surface area contributed by atoms with Crippen LogP contribution in [-0.4, -0.2) is 17.7 Å². The second-order valence-electron chi connectivity index (χ2n) is 3.71. The highest BCUT2D eigenvalue weighted by Crippen LogP contribution is 2.16. The second-order valence-corrected chi connectivity index (χ2v) is 3.71. The molecule has 2 rings (SSSR count). The maximum atomic E-state index is 13.0. The summed E-state index contributed by atoms with van der Waals surface area (Å²) in [5.41, 5.74) is 1.07. The molecular formula is C13H15FN2. The molecule has 3 heteroatoms. The lowest BCUT2D eigenvalue weighted by molar-refractivity contribution is 0.627. The van der Waals surface area contributed by atoms with Gasteiger partial charge in [-0.25, -0.2) is 4.39 Å². The maximum absolute atomic E-state index is 13.0. The molecule has 1 N–H and O–H groups in total. The lowest BCUT2D eigenvalue weighted by Gasteiger charge is -2.05. The Kier molecular flexibility index (Phi) is 3.37. The van der Waals surface area contributed by atoms with E-state index in [1.54, 1.807) is 6.07 Å². The van der Waals surface area contributed by atoms with Crippen LogP contribution >= 0.6 is 0 Å². The summed E-state index contributed by atoms with van der Waals surface area (Å²) in [6.45, 7) is 6.22. The average molecular weight is 218 g/mol. The molecule has 0 unspecified atom stereocenters. The van der Waals surface area contributed by atoms with Crippen LogP contribution in [0.5, 0.6) is 0 Å². The fourth-order valence-electron chi connectivity index (χ4n) is 1.77. The minimum absolute atomic E-state index is 0.185. The number of aromatic nitrogens is 1. The first-order valence-corrected chi connectivity index (χ1v) is 5.37. The van der Waals surface area contributed by atoms with Crippen LogP contribution in [0, 0.1) is 5.82 Å². The molecule has 0 bridgehead atoms. The van der Waals surface area contributed by atoms with Gasteiger partial charge in [-0.05, 0) is 24.3 Å². The molecule has 0 saturated carbocycles. The van der Waals surface area contributed by atoms with Gasteiger partial charge in [-0.15, -0.1) is 6.58 Å². The van der Waals surface area contributed by atoms with Crippen LogP contribution in [0.3, 0.4) is 0 Å². The SMILES string of the molecule is C=CCNCCn1ccc2cc(F)ccc21. The predicted octanol–water partition coefficient (Wildman–Crippen LogP) is 2.56. The summed E-state index contributed by atoms with van der Waals surface area (Å²) in [5, 5.41) is 4.18. The lowest BCUT2D eigenvalue weighted by atomic mass is 10.2. The molecule has 0 fully saturated rings. The number of fused-ring (bicyclic) bond motifs is 1. The van der Waals surface area contributed by atoms with Crippen LogP contribution in [0.2, 0.25) is 0 Å². The van der Waals surface area contributed by atoms with E-state index < -0.39 is 0 Å². The zero-order valence-corrected chi connectivity index (χ0v) is 9.12. The molecular weight excluding hydrogens is 203 g/mol. The highest BCUT2D eigenvalue weighted by Gasteiger charge is 2.01. The third kappa shape index (κ3) is 2.31. The van der Waals surface area contributed by atoms with Crippen molar-refractivity contribution >= 4 is 10.9 Å². The van der Waals surface area contributed by atoms with Crippen molar-refractivity contribution in [3.63, 3.8) is 0 Å². The Hall–Kier alpha value is -1.61. The molecule has 0 aliphatic rings. The standard InChI is InChI=1S/C13H15FN2/c1-2-6-15-7-9-16-8-5-11-10-12(14)3-4-13(11)16/h2-5,8,10,15H,1,6-7,9H2. The minimum atomic E-state index is -0.185. The van der Waals surface area contributed by atoms with Gasteiger partial charge in [0.25, 0.3) is 0 Å². The van der Waals surface area contributed by atoms with Crippen molar-refractivity contribution in [1.29, 1.82) is 0 Å². The molecule has 1 heterocycles. The lowest BCUT2D eigenvalue weighted by Crippen LogP contribution is -2.19. The number of halogens is 1. The fraction of sp³-hybridized carbons (Fsp3) is 0.231. The first kappa shape index (κ1) is 10.9. The number of nitrogens with zero attached hydrogens (tertiary/aromatic N) is 1. The Morgan fingerprint density at radius 2 is 2.25 bits per heavy atom. The molecule has 0 atom stereocenters. The third-order valence-electron chi connectivity index (χ3n) is 2.55. The van der Waals surface area contributed by atoms with Gasteiger partial charge in [-0.3, -0.25) is 0 Å². The van der Waals surface area contributed by atoms with Gasteiger partial charge in [0.15, 0.2) is 0 Å². The summed E-state index contributed by atoms with van der Waals surface area (Å²) in [6, 6.07) is 6.81. The molecule has 0 saturated heterocycles. The first-order valence-electron chi connectivity index (χ1n) is 5.37. The van der Waals surface area contributed by atoms with Crippen molar-refractivity contribution in [2.24, 2.45) is 0 Å². The number of rotatable bonds is 5. The number of benzene rings is 1. The Bertz CT molecular complexity index is 488. The van der Waals surface area contributed by atoms with Gasteiger partial charge in [-0.1, -0.05) is 6.08 Å². The van der Waals surface area contributed by atoms with Crippen molar-refractivity contribution < 1.29 is 4.39 Å². The van der Waals surface area contributed by atoms with Gasteiger partial charge in [0.1, 0.15) is 5.82 Å². The van der Waals surface area contributed by atoms with Crippen LogP contribution in [0.1, 0.15) is 0 Å². The van der Waals surface area contributed by atoms with E-state index in [1.807, 2.05) is 24.4 Å². The van der Waals surface area contributed by atoms with Crippen LogP contribution in [0.25, 0.3) is 10.9 Å². The molecule has 0 aliphatic carbocycles. The van der Waals surface area contributed by atoms with Gasteiger partial charge in [0.2, 0.25) is 0 Å². The van der Waals surface area contributed by atoms with Gasteiger partial charge >= 0.3 is 0 Å². The highest BCUT2D eigenvalue weighted by atomic mass is 19.1. The van der Waals surface area contributed by atoms with E-state index in [4.69, 9.17) is 0 Å². The second kappa shape index (κ2) is 4.94. The molecule has 1 aromatic carbocycles. The zero-order chi connectivity index (χ0) is 11.4. The molecule has 0 aliphatic heterocycles. The van der Waals surface area contributed by atoms with E-state index in [-0.39, 0.29) is 5.82 Å². The van der Waals surface area contributed by atoms with Gasteiger partial charge < -0.3 is 9.88 Å². The summed E-state index contributed by atoms with van der Waals surface area (Å²) in [6.07, 6.45) is 3.82. The highest BCUT2D eigenvalue weighted by molar-refractivity contribution is 5.80. The van der Waals surface area contributed by atoms with Crippen molar-refractivity contribution in [2.45, 2.75) is 6.54 Å². The smallest absolute Gasteiger partial charge is 0.123 e. The van der Waals surface area contributed by atoms with E-state index in [9.17, 15) is 4.39 Å². The Morgan fingerprint density at radius 1 is 1.38 bits per heavy atom. The van der Waals surface area contributed by atoms with Crippen molar-refractivity contribution in [2.75, 3.05) is 13.1 Å². The quantitative estimate of drug-likeness (QED) is 0.603. The van der Waals surface area contributed by atoms with Crippen LogP contribution in [-0.2, 0) is 6.54 Å². The Balaban J connectivity index is 2.09. The summed E-state index contributed by atoms with van der Waals surface area (Å²) in [5.74, 6) is -0.185. The summed E-state index contributed by atoms with van der Waals surface area (Å²) in [4.78, 5) is 0. The van der Waals surface area contributed by atoms with E-state index >= 15 is 0 Å². The van der Waals surface area contributed by atoms with Crippen molar-refractivity contribution in [1.82, 2.24) is 9.88 Å². The van der Waals surface area contributed by atoms with Crippen LogP contribution in [0.15, 0.2) is 43.1 Å². The monoisotopic (exact) mass is 218 g/mol. The van der Waals surface area contributed by atoms with E-state index in [0.29, 0.717) is 0 Å². The largest absolute Gasteiger partial charge is 0.346 e.